The van der Waals surface area contributed by atoms with E-state index < -0.39 is 13.7 Å². The van der Waals surface area contributed by atoms with Crippen LogP contribution in [0.3, 0.4) is 0 Å². The van der Waals surface area contributed by atoms with Crippen molar-refractivity contribution in [2.24, 2.45) is 0 Å². The van der Waals surface area contributed by atoms with E-state index in [-0.39, 0.29) is 22.1 Å². The molecule has 0 unspecified atom stereocenters. The number of oxazole rings is 1. The summed E-state index contributed by atoms with van der Waals surface area (Å²) in [5.74, 6) is 3.39. The average molecular weight is 674 g/mol. The molecule has 0 radical (unpaired) electrons. The van der Waals surface area contributed by atoms with Crippen LogP contribution in [-0.2, 0) is 5.41 Å². The van der Waals surface area contributed by atoms with Gasteiger partial charge in [0.2, 0.25) is 5.71 Å². The minimum atomic E-state index is -2.55. The molecule has 0 N–H and O–H groups in total. The first-order chi connectivity index (χ1) is 27.1. The first-order valence-electron chi connectivity index (χ1n) is 19.6. The Hall–Kier alpha value is -6.41. The zero-order chi connectivity index (χ0) is 39.6. The summed E-state index contributed by atoms with van der Waals surface area (Å²) in [4.78, 5) is 16.6. The fourth-order valence-corrected chi connectivity index (χ4v) is 6.99. The number of anilines is 3. The van der Waals surface area contributed by atoms with E-state index in [1.165, 1.54) is 18.2 Å². The van der Waals surface area contributed by atoms with E-state index in [4.69, 9.17) is 32.1 Å². The van der Waals surface area contributed by atoms with Gasteiger partial charge in [0.05, 0.1) is 23.1 Å². The smallest absolute Gasteiger partial charge is 0.225 e. The average Bonchev–Trinajstić information content (AvgIpc) is 3.75. The van der Waals surface area contributed by atoms with Crippen LogP contribution in [0.4, 0.5) is 17.2 Å². The molecule has 0 bridgehead atoms. The van der Waals surface area contributed by atoms with Crippen LogP contribution >= 0.6 is 0 Å². The van der Waals surface area contributed by atoms with Crippen molar-refractivity contribution in [3.05, 3.63) is 126 Å². The number of hydrogen-bond donors (Lipinski definition) is 0. The molecule has 0 fully saturated rings. The summed E-state index contributed by atoms with van der Waals surface area (Å²) in [6.07, 6.45) is 3.26. The Morgan fingerprint density at radius 2 is 1.49 bits per heavy atom. The van der Waals surface area contributed by atoms with Crippen LogP contribution in [0.1, 0.15) is 45.7 Å². The Morgan fingerprint density at radius 1 is 0.706 bits per heavy atom. The molecule has 10 rings (SSSR count). The Balaban J connectivity index is 1.11. The van der Waals surface area contributed by atoms with Crippen molar-refractivity contribution in [2.45, 2.75) is 39.9 Å². The Bertz CT molecular complexity index is 2910. The van der Waals surface area contributed by atoms with Gasteiger partial charge in [0.25, 0.3) is 0 Å². The molecule has 0 saturated heterocycles. The third kappa shape index (κ3) is 4.49. The third-order valence-electron chi connectivity index (χ3n) is 9.53. The topological polar surface area (TPSA) is 77.9 Å². The van der Waals surface area contributed by atoms with Gasteiger partial charge in [-0.25, -0.2) is 9.97 Å². The lowest BCUT2D eigenvalue weighted by Crippen LogP contribution is -2.21. The fraction of sp³-hybridized carbons (Fsp3) is 0.140. The van der Waals surface area contributed by atoms with Crippen molar-refractivity contribution < 1.29 is 22.1 Å². The number of nitrogens with zero attached hydrogens (tertiary/aromatic N) is 5. The van der Waals surface area contributed by atoms with Crippen LogP contribution in [0.25, 0.3) is 50.7 Å². The van der Waals surface area contributed by atoms with Crippen molar-refractivity contribution in [3.8, 4) is 56.9 Å². The van der Waals surface area contributed by atoms with Gasteiger partial charge < -0.3 is 13.9 Å². The second-order valence-corrected chi connectivity index (χ2v) is 13.8. The number of imidazole rings is 1. The molecule has 8 nitrogen and oxygen atoms in total. The first-order valence-corrected chi connectivity index (χ1v) is 16.6. The maximum absolute atomic E-state index is 8.22. The normalized spacial score (nSPS) is 15.3. The molecular formula is C43H33N5O3. The summed E-state index contributed by atoms with van der Waals surface area (Å²) in [7, 11) is 0. The molecule has 2 aliphatic heterocycles. The SMILES string of the molecule is [2H]C([2H])([2H])c1cccc(C([2H])([2H])[2H])c1-c1ccnc(-c2ccc3c(c2)N2c4nc(-c5ncc6oc7cc(C(C)(C)C)ccc7n56)ccc4Oc4cccc(c42)O3)c1. The van der Waals surface area contributed by atoms with Crippen molar-refractivity contribution >= 4 is 34.0 Å². The molecule has 0 saturated carbocycles. The lowest BCUT2D eigenvalue weighted by Gasteiger charge is -2.37. The zero-order valence-electron chi connectivity index (χ0n) is 33.9. The summed E-state index contributed by atoms with van der Waals surface area (Å²) in [6.45, 7) is 1.40. The highest BCUT2D eigenvalue weighted by Gasteiger charge is 2.36. The summed E-state index contributed by atoms with van der Waals surface area (Å²) in [5.41, 5.74) is 6.93. The summed E-state index contributed by atoms with van der Waals surface area (Å²) in [5, 5.41) is 0. The molecule has 248 valence electrons. The number of pyridine rings is 2. The highest BCUT2D eigenvalue weighted by Crippen LogP contribution is 2.59. The molecule has 6 heterocycles. The van der Waals surface area contributed by atoms with E-state index in [1.54, 1.807) is 24.5 Å². The summed E-state index contributed by atoms with van der Waals surface area (Å²) < 4.78 is 70.4. The van der Waals surface area contributed by atoms with Gasteiger partial charge in [-0.05, 0) is 114 Å². The number of hydrogen-bond acceptors (Lipinski definition) is 7. The summed E-state index contributed by atoms with van der Waals surface area (Å²) >= 11 is 0. The summed E-state index contributed by atoms with van der Waals surface area (Å²) in [6, 6.07) is 29.0. The molecule has 4 aromatic carbocycles. The molecule has 0 amide bonds. The number of aromatic nitrogens is 4. The number of para-hydroxylation sites is 1. The van der Waals surface area contributed by atoms with E-state index in [1.807, 2.05) is 57.8 Å². The largest absolute Gasteiger partial charge is 0.453 e. The van der Waals surface area contributed by atoms with Crippen LogP contribution < -0.4 is 14.4 Å². The zero-order valence-corrected chi connectivity index (χ0v) is 27.9. The molecule has 4 aromatic heterocycles. The maximum atomic E-state index is 8.22. The number of benzene rings is 4. The van der Waals surface area contributed by atoms with Gasteiger partial charge in [0.1, 0.15) is 11.4 Å². The molecule has 2 aliphatic rings. The highest BCUT2D eigenvalue weighted by molar-refractivity contribution is 5.94. The Kier molecular flexibility index (Phi) is 4.93. The highest BCUT2D eigenvalue weighted by atomic mass is 16.5. The van der Waals surface area contributed by atoms with E-state index >= 15 is 0 Å². The quantitative estimate of drug-likeness (QED) is 0.185. The molecule has 0 aliphatic carbocycles. The molecule has 0 atom stereocenters. The lowest BCUT2D eigenvalue weighted by molar-refractivity contribution is 0.444. The first kappa shape index (κ1) is 23.9. The second-order valence-electron chi connectivity index (χ2n) is 13.8. The third-order valence-corrected chi connectivity index (χ3v) is 9.53. The molecular weight excluding hydrogens is 635 g/mol. The van der Waals surface area contributed by atoms with Crippen molar-refractivity contribution in [1.82, 2.24) is 19.4 Å². The van der Waals surface area contributed by atoms with E-state index in [9.17, 15) is 0 Å². The number of rotatable bonds is 3. The fourth-order valence-electron chi connectivity index (χ4n) is 6.99. The van der Waals surface area contributed by atoms with Gasteiger partial charge in [-0.1, -0.05) is 51.1 Å². The minimum Gasteiger partial charge on any atom is -0.453 e. The van der Waals surface area contributed by atoms with Crippen LogP contribution in [-0.4, -0.2) is 19.4 Å². The van der Waals surface area contributed by atoms with E-state index in [0.29, 0.717) is 74.2 Å². The van der Waals surface area contributed by atoms with Crippen molar-refractivity contribution in [1.29, 1.82) is 0 Å². The van der Waals surface area contributed by atoms with Gasteiger partial charge in [0, 0.05) is 20.0 Å². The minimum absolute atomic E-state index is 0.0455. The van der Waals surface area contributed by atoms with Gasteiger partial charge >= 0.3 is 0 Å². The van der Waals surface area contributed by atoms with Gasteiger partial charge in [-0.2, -0.15) is 0 Å². The van der Waals surface area contributed by atoms with Crippen LogP contribution in [0.15, 0.2) is 114 Å². The number of aryl methyl sites for hydroxylation is 2. The number of fused-ring (bicyclic) bond motifs is 7. The van der Waals surface area contributed by atoms with Gasteiger partial charge in [-0.3, -0.25) is 14.3 Å². The molecule has 51 heavy (non-hydrogen) atoms. The van der Waals surface area contributed by atoms with Crippen molar-refractivity contribution in [2.75, 3.05) is 4.90 Å². The van der Waals surface area contributed by atoms with Crippen LogP contribution in [0.2, 0.25) is 0 Å². The second kappa shape index (κ2) is 10.5. The lowest BCUT2D eigenvalue weighted by atomic mass is 9.87. The van der Waals surface area contributed by atoms with Crippen LogP contribution in [0.5, 0.6) is 23.0 Å². The Morgan fingerprint density at radius 3 is 2.29 bits per heavy atom. The molecule has 8 heteroatoms. The van der Waals surface area contributed by atoms with Gasteiger partial charge in [-0.15, -0.1) is 0 Å². The van der Waals surface area contributed by atoms with Crippen LogP contribution in [0, 0.1) is 13.7 Å². The Labute approximate surface area is 303 Å². The standard InChI is InChI=1S/C43H33N5O3/c1-24-8-6-9-25(2)39(24)27-18-19-44-30(20-27)26-12-16-33-32(21-26)48-40-34(49-33)10-7-11-35(40)50-36-17-14-29(46-42(36)48)41-45-23-38-47(41)31-15-13-28(43(3,4)5)22-37(31)51-38/h6-23H,1-5H3/i1D3,2D3. The molecule has 0 spiro atoms. The molecule has 8 aromatic rings. The van der Waals surface area contributed by atoms with E-state index in [0.717, 1.165) is 16.7 Å². The van der Waals surface area contributed by atoms with Gasteiger partial charge in [0.15, 0.2) is 40.2 Å². The predicted molar refractivity (Wildman–Crippen MR) is 200 cm³/mol. The van der Waals surface area contributed by atoms with Crippen molar-refractivity contribution in [3.63, 3.8) is 0 Å². The predicted octanol–water partition coefficient (Wildman–Crippen LogP) is 11.5. The monoisotopic (exact) mass is 673 g/mol. The maximum Gasteiger partial charge on any atom is 0.225 e. The number of ether oxygens (including phenoxy) is 2. The van der Waals surface area contributed by atoms with E-state index in [2.05, 4.69) is 44.0 Å².